The molecular formula is C22H40N2O6. The summed E-state index contributed by atoms with van der Waals surface area (Å²) in [7, 11) is 0. The smallest absolute Gasteiger partial charge is 0.412 e. The first-order valence-corrected chi connectivity index (χ1v) is 10.4. The Hall–Kier alpha value is -2.12. The minimum atomic E-state index is -1.66. The van der Waals surface area contributed by atoms with E-state index in [-0.39, 0.29) is 13.0 Å². The number of hydrogen-bond donors (Lipinski definition) is 1. The lowest BCUT2D eigenvalue weighted by molar-refractivity contribution is -0.123. The molecule has 0 aromatic carbocycles. The van der Waals surface area contributed by atoms with E-state index in [4.69, 9.17) is 9.47 Å². The average Bonchev–Trinajstić information content (AvgIpc) is 2.49. The van der Waals surface area contributed by atoms with Gasteiger partial charge in [0.05, 0.1) is 0 Å². The molecule has 0 aliphatic rings. The Kier molecular flexibility index (Phi) is 10.0. The van der Waals surface area contributed by atoms with Crippen LogP contribution in [0.5, 0.6) is 0 Å². The molecule has 174 valence electrons. The van der Waals surface area contributed by atoms with E-state index in [0.717, 1.165) is 6.29 Å². The Morgan fingerprint density at radius 2 is 1.40 bits per heavy atom. The largest absolute Gasteiger partial charge is 0.444 e. The van der Waals surface area contributed by atoms with Crippen LogP contribution in [0, 0.1) is 5.41 Å². The summed E-state index contributed by atoms with van der Waals surface area (Å²) in [5.74, 6) is 0. The zero-order chi connectivity index (χ0) is 23.8. The number of nitrogens with zero attached hydrogens (tertiary/aromatic N) is 1. The molecule has 0 heterocycles. The van der Waals surface area contributed by atoms with E-state index in [2.05, 4.69) is 5.32 Å². The maximum Gasteiger partial charge on any atom is 0.412 e. The lowest BCUT2D eigenvalue weighted by Crippen LogP contribution is -2.66. The van der Waals surface area contributed by atoms with Gasteiger partial charge in [-0.1, -0.05) is 20.8 Å². The molecule has 0 aromatic heterocycles. The number of alkyl carbamates (subject to hydrolysis) is 1. The molecular weight excluding hydrogens is 388 g/mol. The zero-order valence-electron chi connectivity index (χ0n) is 20.1. The van der Waals surface area contributed by atoms with Crippen LogP contribution in [0.25, 0.3) is 0 Å². The second-order valence-corrected chi connectivity index (χ2v) is 10.7. The molecule has 0 fully saturated rings. The Morgan fingerprint density at radius 3 is 1.80 bits per heavy atom. The van der Waals surface area contributed by atoms with Crippen LogP contribution in [0.4, 0.5) is 9.59 Å². The molecule has 0 saturated carbocycles. The fourth-order valence-electron chi connectivity index (χ4n) is 2.90. The maximum absolute atomic E-state index is 13.1. The molecule has 0 spiro atoms. The minimum absolute atomic E-state index is 0.132. The van der Waals surface area contributed by atoms with Crippen LogP contribution in [0.3, 0.4) is 0 Å². The van der Waals surface area contributed by atoms with Gasteiger partial charge in [-0.3, -0.25) is 15.0 Å². The van der Waals surface area contributed by atoms with Gasteiger partial charge in [-0.05, 0) is 59.8 Å². The number of carbonyl (C=O) groups is 4. The van der Waals surface area contributed by atoms with Gasteiger partial charge in [-0.2, -0.15) is 0 Å². The number of ether oxygens (including phenoxy) is 2. The topological polar surface area (TPSA) is 102 Å². The van der Waals surface area contributed by atoms with Crippen LogP contribution in [0.2, 0.25) is 0 Å². The fourth-order valence-corrected chi connectivity index (χ4v) is 2.90. The van der Waals surface area contributed by atoms with Crippen molar-refractivity contribution in [1.29, 1.82) is 0 Å². The minimum Gasteiger partial charge on any atom is -0.444 e. The molecule has 0 unspecified atom stereocenters. The number of amides is 2. The fraction of sp³-hybridized carbons (Fsp3) is 0.818. The van der Waals surface area contributed by atoms with Gasteiger partial charge >= 0.3 is 12.2 Å². The molecule has 0 saturated heterocycles. The van der Waals surface area contributed by atoms with E-state index in [1.165, 1.54) is 4.90 Å². The summed E-state index contributed by atoms with van der Waals surface area (Å²) in [5, 5.41) is 2.63. The van der Waals surface area contributed by atoms with Gasteiger partial charge in [0, 0.05) is 19.4 Å². The third-order valence-electron chi connectivity index (χ3n) is 3.76. The Bertz CT molecular complexity index is 598. The number of hydrogen-bond acceptors (Lipinski definition) is 6. The van der Waals surface area contributed by atoms with Gasteiger partial charge in [0.15, 0.2) is 11.9 Å². The van der Waals surface area contributed by atoms with Crippen molar-refractivity contribution < 1.29 is 28.7 Å². The predicted octanol–water partition coefficient (Wildman–Crippen LogP) is 4.45. The van der Waals surface area contributed by atoms with Gasteiger partial charge < -0.3 is 14.3 Å². The molecule has 2 amide bonds. The summed E-state index contributed by atoms with van der Waals surface area (Å²) in [5.41, 5.74) is -3.65. The van der Waals surface area contributed by atoms with Crippen LogP contribution in [0.1, 0.15) is 88.0 Å². The molecule has 0 aromatic rings. The third kappa shape index (κ3) is 11.2. The molecule has 8 heteroatoms. The van der Waals surface area contributed by atoms with Crippen molar-refractivity contribution in [1.82, 2.24) is 10.2 Å². The maximum atomic E-state index is 13.1. The molecule has 0 rings (SSSR count). The van der Waals surface area contributed by atoms with Crippen molar-refractivity contribution in [2.45, 2.75) is 105 Å². The van der Waals surface area contributed by atoms with E-state index in [0.29, 0.717) is 25.5 Å². The normalized spacial score (nSPS) is 14.3. The second kappa shape index (κ2) is 10.8. The number of nitrogens with one attached hydrogen (secondary N) is 1. The summed E-state index contributed by atoms with van der Waals surface area (Å²) >= 11 is 0. The predicted molar refractivity (Wildman–Crippen MR) is 115 cm³/mol. The number of unbranched alkanes of at least 4 members (excludes halogenated alkanes) is 2. The van der Waals surface area contributed by atoms with Gasteiger partial charge in [0.2, 0.25) is 0 Å². The van der Waals surface area contributed by atoms with Crippen LogP contribution >= 0.6 is 0 Å². The monoisotopic (exact) mass is 428 g/mol. The molecule has 0 radical (unpaired) electrons. The van der Waals surface area contributed by atoms with Crippen molar-refractivity contribution in [3.8, 4) is 0 Å². The molecule has 0 bridgehead atoms. The van der Waals surface area contributed by atoms with E-state index < -0.39 is 34.5 Å². The van der Waals surface area contributed by atoms with Crippen LogP contribution < -0.4 is 5.32 Å². The highest BCUT2D eigenvalue weighted by molar-refractivity contribution is 5.81. The number of aldehydes is 2. The first-order valence-electron chi connectivity index (χ1n) is 10.4. The Balaban J connectivity index is 6.12. The van der Waals surface area contributed by atoms with E-state index in [9.17, 15) is 19.2 Å². The molecule has 0 aliphatic heterocycles. The standard InChI is InChI=1S/C22H40N2O6/c1-19(2,3)15-22(16-26,23-17(27)29-20(4,5)6)24(13-11-10-12-14-25)18(28)30-21(7,8)9/h14,16H,10-13,15H2,1-9H3,(H,23,27)/t22-/m0/s1. The zero-order valence-corrected chi connectivity index (χ0v) is 20.1. The van der Waals surface area contributed by atoms with Crippen molar-refractivity contribution in [2.75, 3.05) is 6.54 Å². The van der Waals surface area contributed by atoms with Gasteiger partial charge in [-0.15, -0.1) is 0 Å². The van der Waals surface area contributed by atoms with Crippen LogP contribution in [-0.4, -0.2) is 53.1 Å². The SMILES string of the molecule is CC(C)(C)C[C@](C=O)(NC(=O)OC(C)(C)C)N(CCCCC=O)C(=O)OC(C)(C)C. The van der Waals surface area contributed by atoms with Crippen molar-refractivity contribution in [2.24, 2.45) is 5.41 Å². The molecule has 8 nitrogen and oxygen atoms in total. The highest BCUT2D eigenvalue weighted by Crippen LogP contribution is 2.31. The average molecular weight is 429 g/mol. The first kappa shape index (κ1) is 27.9. The number of carbonyl (C=O) groups excluding carboxylic acids is 4. The molecule has 1 N–H and O–H groups in total. The summed E-state index contributed by atoms with van der Waals surface area (Å²) in [6.45, 7) is 16.2. The lowest BCUT2D eigenvalue weighted by atomic mass is 9.84. The van der Waals surface area contributed by atoms with Crippen LogP contribution in [0.15, 0.2) is 0 Å². The van der Waals surface area contributed by atoms with E-state index >= 15 is 0 Å². The highest BCUT2D eigenvalue weighted by atomic mass is 16.6. The van der Waals surface area contributed by atoms with Crippen molar-refractivity contribution in [3.05, 3.63) is 0 Å². The lowest BCUT2D eigenvalue weighted by Gasteiger charge is -2.43. The van der Waals surface area contributed by atoms with Gasteiger partial charge in [-0.25, -0.2) is 9.59 Å². The van der Waals surface area contributed by atoms with Crippen LogP contribution in [-0.2, 0) is 19.1 Å². The molecule has 30 heavy (non-hydrogen) atoms. The summed E-state index contributed by atoms with van der Waals surface area (Å²) in [4.78, 5) is 50.0. The Labute approximate surface area is 181 Å². The van der Waals surface area contributed by atoms with Gasteiger partial charge in [0.25, 0.3) is 0 Å². The van der Waals surface area contributed by atoms with Crippen molar-refractivity contribution in [3.63, 3.8) is 0 Å². The van der Waals surface area contributed by atoms with E-state index in [1.54, 1.807) is 41.5 Å². The second-order valence-electron chi connectivity index (χ2n) is 10.7. The Morgan fingerprint density at radius 1 is 0.867 bits per heavy atom. The third-order valence-corrected chi connectivity index (χ3v) is 3.76. The van der Waals surface area contributed by atoms with Crippen molar-refractivity contribution >= 4 is 24.8 Å². The quantitative estimate of drug-likeness (QED) is 0.331. The first-order chi connectivity index (χ1) is 13.4. The number of rotatable bonds is 9. The molecule has 0 aliphatic carbocycles. The summed E-state index contributed by atoms with van der Waals surface area (Å²) in [6.07, 6.45) is 1.34. The molecule has 1 atom stereocenters. The van der Waals surface area contributed by atoms with Gasteiger partial charge in [0.1, 0.15) is 17.5 Å². The summed E-state index contributed by atoms with van der Waals surface area (Å²) in [6, 6.07) is 0. The highest BCUT2D eigenvalue weighted by Gasteiger charge is 2.46. The summed E-state index contributed by atoms with van der Waals surface area (Å²) < 4.78 is 10.9. The van der Waals surface area contributed by atoms with E-state index in [1.807, 2.05) is 20.8 Å².